The van der Waals surface area contributed by atoms with Crippen molar-refractivity contribution < 1.29 is 4.84 Å². The first-order valence-corrected chi connectivity index (χ1v) is 5.29. The second-order valence-corrected chi connectivity index (χ2v) is 3.55. The summed E-state index contributed by atoms with van der Waals surface area (Å²) in [4.78, 5) is 16.9. The molecule has 0 unspecified atom stereocenters. The van der Waals surface area contributed by atoms with Crippen LogP contribution in [0.2, 0.25) is 0 Å². The maximum atomic E-state index is 5.53. The SMILES string of the molecule is CCN=C(On1nnc2cccnc21)N(C)C. The Balaban J connectivity index is 2.32. The molecule has 0 fully saturated rings. The van der Waals surface area contributed by atoms with Crippen molar-refractivity contribution in [1.29, 1.82) is 0 Å². The largest absolute Gasteiger partial charge is 0.331 e. The third-order valence-corrected chi connectivity index (χ3v) is 2.03. The second kappa shape index (κ2) is 4.77. The average Bonchev–Trinajstić information content (AvgIpc) is 2.72. The summed E-state index contributed by atoms with van der Waals surface area (Å²) < 4.78 is 0. The van der Waals surface area contributed by atoms with E-state index in [4.69, 9.17) is 4.84 Å². The summed E-state index contributed by atoms with van der Waals surface area (Å²) in [7, 11) is 3.70. The molecule has 0 aromatic carbocycles. The Morgan fingerprint density at radius 1 is 1.53 bits per heavy atom. The van der Waals surface area contributed by atoms with E-state index in [0.717, 1.165) is 0 Å². The minimum atomic E-state index is 0.463. The molecule has 2 heterocycles. The van der Waals surface area contributed by atoms with E-state index in [2.05, 4.69) is 20.3 Å². The Labute approximate surface area is 98.7 Å². The van der Waals surface area contributed by atoms with Crippen molar-refractivity contribution in [3.05, 3.63) is 18.3 Å². The number of aliphatic imine (C=N–C) groups is 1. The third kappa shape index (κ3) is 2.32. The van der Waals surface area contributed by atoms with E-state index < -0.39 is 0 Å². The molecular formula is C10H14N6O. The normalized spacial score (nSPS) is 11.8. The van der Waals surface area contributed by atoms with Gasteiger partial charge in [0, 0.05) is 26.8 Å². The van der Waals surface area contributed by atoms with Crippen LogP contribution in [0.5, 0.6) is 0 Å². The summed E-state index contributed by atoms with van der Waals surface area (Å²) in [6.07, 6.45) is 1.66. The van der Waals surface area contributed by atoms with Crippen LogP contribution in [0.15, 0.2) is 23.3 Å². The summed E-state index contributed by atoms with van der Waals surface area (Å²) in [5.74, 6) is 0. The lowest BCUT2D eigenvalue weighted by Gasteiger charge is -2.14. The minimum absolute atomic E-state index is 0.463. The lowest BCUT2D eigenvalue weighted by molar-refractivity contribution is 0.192. The van der Waals surface area contributed by atoms with Crippen LogP contribution in [-0.4, -0.2) is 51.7 Å². The molecular weight excluding hydrogens is 220 g/mol. The van der Waals surface area contributed by atoms with Crippen molar-refractivity contribution in [2.45, 2.75) is 6.92 Å². The number of nitrogens with zero attached hydrogens (tertiary/aromatic N) is 6. The van der Waals surface area contributed by atoms with Crippen LogP contribution in [0.4, 0.5) is 0 Å². The highest BCUT2D eigenvalue weighted by atomic mass is 16.7. The first-order chi connectivity index (χ1) is 8.22. The summed E-state index contributed by atoms with van der Waals surface area (Å²) >= 11 is 0. The monoisotopic (exact) mass is 234 g/mol. The molecule has 2 rings (SSSR count). The molecule has 0 bridgehead atoms. The predicted octanol–water partition coefficient (Wildman–Crippen LogP) is 0.192. The zero-order valence-corrected chi connectivity index (χ0v) is 10.0. The van der Waals surface area contributed by atoms with E-state index in [9.17, 15) is 0 Å². The third-order valence-electron chi connectivity index (χ3n) is 2.03. The van der Waals surface area contributed by atoms with E-state index in [-0.39, 0.29) is 0 Å². The lowest BCUT2D eigenvalue weighted by atomic mass is 10.4. The van der Waals surface area contributed by atoms with Crippen molar-refractivity contribution in [2.24, 2.45) is 4.99 Å². The Bertz CT molecular complexity index is 532. The minimum Gasteiger partial charge on any atom is -0.331 e. The number of hydrogen-bond acceptors (Lipinski definition) is 5. The number of amidine groups is 1. The molecule has 0 aliphatic heterocycles. The van der Waals surface area contributed by atoms with Gasteiger partial charge in [-0.2, -0.15) is 0 Å². The maximum absolute atomic E-state index is 5.53. The molecule has 0 amide bonds. The molecule has 0 aliphatic carbocycles. The van der Waals surface area contributed by atoms with Crippen LogP contribution in [0.3, 0.4) is 0 Å². The van der Waals surface area contributed by atoms with Gasteiger partial charge in [0.05, 0.1) is 0 Å². The fraction of sp³-hybridized carbons (Fsp3) is 0.400. The van der Waals surface area contributed by atoms with Crippen molar-refractivity contribution in [3.8, 4) is 0 Å². The number of aromatic nitrogens is 4. The molecule has 0 saturated carbocycles. The summed E-state index contributed by atoms with van der Waals surface area (Å²) in [6, 6.07) is 4.08. The molecule has 7 heteroatoms. The highest BCUT2D eigenvalue weighted by molar-refractivity contribution is 5.75. The predicted molar refractivity (Wildman–Crippen MR) is 63.6 cm³/mol. The number of hydrogen-bond donors (Lipinski definition) is 0. The van der Waals surface area contributed by atoms with Gasteiger partial charge in [-0.1, -0.05) is 0 Å². The zero-order valence-electron chi connectivity index (χ0n) is 10.0. The Kier molecular flexibility index (Phi) is 3.17. The van der Waals surface area contributed by atoms with Gasteiger partial charge in [-0.15, -0.1) is 5.10 Å². The van der Waals surface area contributed by atoms with Gasteiger partial charge in [0.15, 0.2) is 0 Å². The fourth-order valence-corrected chi connectivity index (χ4v) is 1.27. The molecule has 0 spiro atoms. The molecule has 2 aromatic heterocycles. The molecule has 90 valence electrons. The van der Waals surface area contributed by atoms with Crippen LogP contribution in [0, 0.1) is 0 Å². The number of fused-ring (bicyclic) bond motifs is 1. The topological polar surface area (TPSA) is 68.4 Å². The standard InChI is InChI=1S/C10H14N6O/c1-4-11-10(15(2)3)17-16-9-8(13-14-16)6-5-7-12-9/h5-7H,4H2,1-3H3. The molecule has 17 heavy (non-hydrogen) atoms. The van der Waals surface area contributed by atoms with E-state index in [1.165, 1.54) is 4.85 Å². The fourth-order valence-electron chi connectivity index (χ4n) is 1.27. The van der Waals surface area contributed by atoms with Crippen LogP contribution >= 0.6 is 0 Å². The molecule has 0 aliphatic rings. The smallest absolute Gasteiger partial charge is 0.317 e. The summed E-state index contributed by atoms with van der Waals surface area (Å²) in [6.45, 7) is 2.57. The van der Waals surface area contributed by atoms with Crippen LogP contribution in [0.1, 0.15) is 6.92 Å². The van der Waals surface area contributed by atoms with E-state index in [0.29, 0.717) is 23.7 Å². The van der Waals surface area contributed by atoms with Gasteiger partial charge in [-0.25, -0.2) is 9.98 Å². The van der Waals surface area contributed by atoms with Crippen molar-refractivity contribution >= 4 is 17.2 Å². The van der Waals surface area contributed by atoms with Crippen molar-refractivity contribution in [2.75, 3.05) is 20.6 Å². The Morgan fingerprint density at radius 2 is 2.35 bits per heavy atom. The average molecular weight is 234 g/mol. The van der Waals surface area contributed by atoms with E-state index >= 15 is 0 Å². The maximum Gasteiger partial charge on any atom is 0.317 e. The summed E-state index contributed by atoms with van der Waals surface area (Å²) in [5.41, 5.74) is 1.25. The molecule has 0 radical (unpaired) electrons. The van der Waals surface area contributed by atoms with E-state index in [1.807, 2.05) is 27.1 Å². The van der Waals surface area contributed by atoms with Crippen molar-refractivity contribution in [1.82, 2.24) is 25.0 Å². The highest BCUT2D eigenvalue weighted by Crippen LogP contribution is 2.04. The summed E-state index contributed by atoms with van der Waals surface area (Å²) in [5, 5.41) is 7.82. The Morgan fingerprint density at radius 3 is 3.06 bits per heavy atom. The first-order valence-electron chi connectivity index (χ1n) is 5.29. The number of rotatable bonds is 2. The quantitative estimate of drug-likeness (QED) is 0.548. The van der Waals surface area contributed by atoms with Gasteiger partial charge < -0.3 is 9.74 Å². The highest BCUT2D eigenvalue weighted by Gasteiger charge is 2.10. The van der Waals surface area contributed by atoms with Gasteiger partial charge >= 0.3 is 6.02 Å². The molecule has 0 N–H and O–H groups in total. The molecule has 2 aromatic rings. The lowest BCUT2D eigenvalue weighted by Crippen LogP contribution is -2.33. The van der Waals surface area contributed by atoms with Gasteiger partial charge in [0.25, 0.3) is 0 Å². The van der Waals surface area contributed by atoms with Gasteiger partial charge in [-0.05, 0) is 29.1 Å². The first kappa shape index (κ1) is 11.3. The van der Waals surface area contributed by atoms with Gasteiger partial charge in [0.2, 0.25) is 5.65 Å². The van der Waals surface area contributed by atoms with E-state index in [1.54, 1.807) is 17.2 Å². The molecule has 7 nitrogen and oxygen atoms in total. The van der Waals surface area contributed by atoms with Crippen LogP contribution in [0.25, 0.3) is 11.2 Å². The molecule has 0 saturated heterocycles. The van der Waals surface area contributed by atoms with Crippen LogP contribution in [-0.2, 0) is 0 Å². The van der Waals surface area contributed by atoms with Crippen LogP contribution < -0.4 is 4.84 Å². The Hall–Kier alpha value is -2.18. The van der Waals surface area contributed by atoms with Crippen molar-refractivity contribution in [3.63, 3.8) is 0 Å². The van der Waals surface area contributed by atoms with Gasteiger partial charge in [-0.3, -0.25) is 0 Å². The zero-order chi connectivity index (χ0) is 12.3. The second-order valence-electron chi connectivity index (χ2n) is 3.55. The number of pyridine rings is 1. The molecule has 0 atom stereocenters. The van der Waals surface area contributed by atoms with Gasteiger partial charge in [0.1, 0.15) is 5.52 Å².